The summed E-state index contributed by atoms with van der Waals surface area (Å²) in [4.78, 5) is 12.1. The maximum absolute atomic E-state index is 12.1. The summed E-state index contributed by atoms with van der Waals surface area (Å²) in [6, 6.07) is 3.97. The second kappa shape index (κ2) is 5.36. The van der Waals surface area contributed by atoms with Crippen molar-refractivity contribution in [2.45, 2.75) is 32.2 Å². The summed E-state index contributed by atoms with van der Waals surface area (Å²) >= 11 is 0. The summed E-state index contributed by atoms with van der Waals surface area (Å²) in [5, 5.41) is 3.01. The fourth-order valence-corrected chi connectivity index (χ4v) is 2.58. The van der Waals surface area contributed by atoms with Crippen molar-refractivity contribution in [3.63, 3.8) is 0 Å². The zero-order valence-corrected chi connectivity index (χ0v) is 10.2. The van der Waals surface area contributed by atoms with Crippen LogP contribution in [0.15, 0.2) is 24.5 Å². The van der Waals surface area contributed by atoms with Gasteiger partial charge in [0.2, 0.25) is 5.91 Å². The molecule has 2 rings (SSSR count). The molecule has 0 spiro atoms. The lowest BCUT2D eigenvalue weighted by atomic mass is 9.85. The molecule has 0 aliphatic heterocycles. The molecule has 1 heterocycles. The summed E-state index contributed by atoms with van der Waals surface area (Å²) in [5.74, 6) is 0.143. The number of rotatable bonds is 5. The molecule has 1 aromatic heterocycles. The smallest absolute Gasteiger partial charge is 0.227 e. The summed E-state index contributed by atoms with van der Waals surface area (Å²) in [6.45, 7) is 1.97. The Balaban J connectivity index is 1.80. The molecule has 1 saturated carbocycles. The third-order valence-electron chi connectivity index (χ3n) is 3.75. The average molecular weight is 235 g/mol. The number of carbonyl (C=O) groups is 1. The molecule has 0 atom stereocenters. The number of nitrogens with one attached hydrogen (secondary N) is 1. The monoisotopic (exact) mass is 235 g/mol. The number of nitrogens with two attached hydrogens (primary N) is 1. The Morgan fingerprint density at radius 3 is 2.53 bits per heavy atom. The molecule has 0 bridgehead atoms. The van der Waals surface area contributed by atoms with E-state index in [0.717, 1.165) is 32.2 Å². The van der Waals surface area contributed by atoms with E-state index in [9.17, 15) is 4.79 Å². The minimum Gasteiger partial charge on any atom is -0.354 e. The molecule has 3 N–H and O–H groups in total. The van der Waals surface area contributed by atoms with Gasteiger partial charge in [-0.05, 0) is 25.0 Å². The van der Waals surface area contributed by atoms with Gasteiger partial charge < -0.3 is 15.6 Å². The van der Waals surface area contributed by atoms with E-state index >= 15 is 0 Å². The molecule has 1 amide bonds. The number of nitrogens with zero attached hydrogens (tertiary/aromatic N) is 1. The van der Waals surface area contributed by atoms with Gasteiger partial charge in [-0.15, -0.1) is 0 Å². The molecular formula is C13H21N3O. The predicted molar refractivity (Wildman–Crippen MR) is 67.4 cm³/mol. The zero-order chi connectivity index (χ0) is 12.1. The normalized spacial score (nSPS) is 18.2. The number of amides is 1. The van der Waals surface area contributed by atoms with Gasteiger partial charge >= 0.3 is 0 Å². The van der Waals surface area contributed by atoms with Crippen LogP contribution < -0.4 is 11.1 Å². The summed E-state index contributed by atoms with van der Waals surface area (Å²) < 4.78 is 2.06. The Bertz CT molecular complexity index is 353. The van der Waals surface area contributed by atoms with Crippen LogP contribution in [-0.2, 0) is 11.3 Å². The molecule has 0 radical (unpaired) electrons. The largest absolute Gasteiger partial charge is 0.354 e. The van der Waals surface area contributed by atoms with E-state index in [1.54, 1.807) is 0 Å². The lowest BCUT2D eigenvalue weighted by molar-refractivity contribution is -0.130. The van der Waals surface area contributed by atoms with Crippen LogP contribution in [0.25, 0.3) is 0 Å². The lowest BCUT2D eigenvalue weighted by Gasteiger charge is -2.25. The number of aromatic nitrogens is 1. The number of carbonyl (C=O) groups excluding carboxylic acids is 1. The molecule has 17 heavy (non-hydrogen) atoms. The van der Waals surface area contributed by atoms with Crippen molar-refractivity contribution < 1.29 is 4.79 Å². The predicted octanol–water partition coefficient (Wildman–Crippen LogP) is 1.12. The molecule has 1 aromatic rings. The molecule has 1 aliphatic rings. The van der Waals surface area contributed by atoms with Crippen LogP contribution in [0.2, 0.25) is 0 Å². The molecular weight excluding hydrogens is 214 g/mol. The Morgan fingerprint density at radius 1 is 1.29 bits per heavy atom. The van der Waals surface area contributed by atoms with Gasteiger partial charge in [0.05, 0.1) is 5.41 Å². The highest BCUT2D eigenvalue weighted by molar-refractivity contribution is 5.83. The first kappa shape index (κ1) is 12.2. The highest BCUT2D eigenvalue weighted by Crippen LogP contribution is 2.37. The summed E-state index contributed by atoms with van der Waals surface area (Å²) in [5.41, 5.74) is 5.49. The molecule has 0 saturated heterocycles. The van der Waals surface area contributed by atoms with E-state index < -0.39 is 0 Å². The van der Waals surface area contributed by atoms with Crippen molar-refractivity contribution in [2.24, 2.45) is 11.1 Å². The van der Waals surface area contributed by atoms with E-state index in [2.05, 4.69) is 9.88 Å². The van der Waals surface area contributed by atoms with Crippen molar-refractivity contribution in [2.75, 3.05) is 13.1 Å². The highest BCUT2D eigenvalue weighted by atomic mass is 16.2. The van der Waals surface area contributed by atoms with E-state index in [4.69, 9.17) is 5.73 Å². The average Bonchev–Trinajstić information content (AvgIpc) is 3.00. The van der Waals surface area contributed by atoms with Gasteiger partial charge in [0, 0.05) is 32.0 Å². The Kier molecular flexibility index (Phi) is 3.84. The Labute approximate surface area is 102 Å². The summed E-state index contributed by atoms with van der Waals surface area (Å²) in [7, 11) is 0. The number of hydrogen-bond donors (Lipinski definition) is 2. The molecule has 0 aromatic carbocycles. The SMILES string of the molecule is NCC1(C(=O)NCCn2cccc2)CCCC1. The highest BCUT2D eigenvalue weighted by Gasteiger charge is 2.39. The first-order valence-electron chi connectivity index (χ1n) is 6.36. The van der Waals surface area contributed by atoms with Crippen LogP contribution in [0.4, 0.5) is 0 Å². The minimum absolute atomic E-state index is 0.143. The van der Waals surface area contributed by atoms with Crippen LogP contribution in [0.1, 0.15) is 25.7 Å². The fraction of sp³-hybridized carbons (Fsp3) is 0.615. The van der Waals surface area contributed by atoms with E-state index in [0.29, 0.717) is 13.1 Å². The first-order valence-corrected chi connectivity index (χ1v) is 6.36. The van der Waals surface area contributed by atoms with Crippen molar-refractivity contribution in [1.29, 1.82) is 0 Å². The standard InChI is InChI=1S/C13H21N3O/c14-11-13(5-1-2-6-13)12(17)15-7-10-16-8-3-4-9-16/h3-4,8-9H,1-2,5-7,10-11,14H2,(H,15,17). The third-order valence-corrected chi connectivity index (χ3v) is 3.75. The van der Waals surface area contributed by atoms with Crippen LogP contribution >= 0.6 is 0 Å². The molecule has 1 aliphatic carbocycles. The van der Waals surface area contributed by atoms with Crippen molar-refractivity contribution in [3.05, 3.63) is 24.5 Å². The zero-order valence-electron chi connectivity index (χ0n) is 10.2. The van der Waals surface area contributed by atoms with Crippen molar-refractivity contribution >= 4 is 5.91 Å². The number of hydrogen-bond acceptors (Lipinski definition) is 2. The van der Waals surface area contributed by atoms with Crippen LogP contribution in [0.3, 0.4) is 0 Å². The van der Waals surface area contributed by atoms with Gasteiger partial charge in [0.15, 0.2) is 0 Å². The minimum atomic E-state index is -0.281. The van der Waals surface area contributed by atoms with Gasteiger partial charge in [0.1, 0.15) is 0 Å². The van der Waals surface area contributed by atoms with Gasteiger partial charge in [-0.3, -0.25) is 4.79 Å². The molecule has 1 fully saturated rings. The Morgan fingerprint density at radius 2 is 1.94 bits per heavy atom. The van der Waals surface area contributed by atoms with E-state index in [1.165, 1.54) is 0 Å². The maximum atomic E-state index is 12.1. The quantitative estimate of drug-likeness (QED) is 0.803. The van der Waals surface area contributed by atoms with Crippen LogP contribution in [0.5, 0.6) is 0 Å². The maximum Gasteiger partial charge on any atom is 0.227 e. The van der Waals surface area contributed by atoms with Crippen LogP contribution in [-0.4, -0.2) is 23.6 Å². The van der Waals surface area contributed by atoms with Gasteiger partial charge in [-0.25, -0.2) is 0 Å². The van der Waals surface area contributed by atoms with E-state index in [-0.39, 0.29) is 11.3 Å². The van der Waals surface area contributed by atoms with Gasteiger partial charge in [-0.1, -0.05) is 12.8 Å². The Hall–Kier alpha value is -1.29. The van der Waals surface area contributed by atoms with Crippen molar-refractivity contribution in [3.8, 4) is 0 Å². The fourth-order valence-electron chi connectivity index (χ4n) is 2.58. The van der Waals surface area contributed by atoms with Crippen LogP contribution in [0, 0.1) is 5.41 Å². The topological polar surface area (TPSA) is 60.1 Å². The first-order chi connectivity index (χ1) is 8.27. The molecule has 0 unspecified atom stereocenters. The third kappa shape index (κ3) is 2.69. The van der Waals surface area contributed by atoms with Crippen molar-refractivity contribution in [1.82, 2.24) is 9.88 Å². The second-order valence-corrected chi connectivity index (χ2v) is 4.87. The molecule has 94 valence electrons. The summed E-state index contributed by atoms with van der Waals surface area (Å²) in [6.07, 6.45) is 8.14. The van der Waals surface area contributed by atoms with E-state index in [1.807, 2.05) is 24.5 Å². The van der Waals surface area contributed by atoms with Gasteiger partial charge in [0.25, 0.3) is 0 Å². The lowest BCUT2D eigenvalue weighted by Crippen LogP contribution is -2.45. The second-order valence-electron chi connectivity index (χ2n) is 4.87. The van der Waals surface area contributed by atoms with Gasteiger partial charge in [-0.2, -0.15) is 0 Å². The molecule has 4 heteroatoms. The molecule has 4 nitrogen and oxygen atoms in total.